The molecule has 28 heavy (non-hydrogen) atoms. The maximum Gasteiger partial charge on any atom is 0.141 e. The van der Waals surface area contributed by atoms with E-state index in [2.05, 4.69) is 4.98 Å². The summed E-state index contributed by atoms with van der Waals surface area (Å²) in [6.45, 7) is 0. The highest BCUT2D eigenvalue weighted by Gasteiger charge is 2.31. The summed E-state index contributed by atoms with van der Waals surface area (Å²) in [5.74, 6) is 0.611. The Bertz CT molecular complexity index is 1060. The number of allylic oxidation sites excluding steroid dienone is 1. The fourth-order valence-electron chi connectivity index (χ4n) is 3.33. The van der Waals surface area contributed by atoms with Crippen molar-refractivity contribution in [3.63, 3.8) is 0 Å². The molecule has 0 fully saturated rings. The van der Waals surface area contributed by atoms with E-state index < -0.39 is 17.0 Å². The van der Waals surface area contributed by atoms with Gasteiger partial charge in [-0.15, -0.1) is 0 Å². The molecule has 140 valence electrons. The Kier molecular flexibility index (Phi) is 5.14. The monoisotopic (exact) mass is 390 g/mol. The van der Waals surface area contributed by atoms with Crippen LogP contribution in [0.3, 0.4) is 0 Å². The van der Waals surface area contributed by atoms with Crippen molar-refractivity contribution >= 4 is 28.7 Å². The molecular formula is C22H16NO4S-. The van der Waals surface area contributed by atoms with Crippen molar-refractivity contribution in [1.29, 1.82) is 0 Å². The van der Waals surface area contributed by atoms with Crippen molar-refractivity contribution in [2.75, 3.05) is 0 Å². The van der Waals surface area contributed by atoms with Gasteiger partial charge >= 0.3 is 0 Å². The second kappa shape index (κ2) is 7.88. The smallest absolute Gasteiger partial charge is 0.141 e. The predicted octanol–water partition coefficient (Wildman–Crippen LogP) is 3.70. The van der Waals surface area contributed by atoms with Gasteiger partial charge in [-0.25, -0.2) is 0 Å². The molecule has 5 nitrogen and oxygen atoms in total. The lowest BCUT2D eigenvalue weighted by atomic mass is 9.85. The molecule has 0 spiro atoms. The Labute approximate surface area is 165 Å². The number of ether oxygens (including phenoxy) is 1. The third kappa shape index (κ3) is 3.52. The van der Waals surface area contributed by atoms with Gasteiger partial charge in [0.1, 0.15) is 17.8 Å². The summed E-state index contributed by atoms with van der Waals surface area (Å²) in [5, 5.41) is 0. The second-order valence-electron chi connectivity index (χ2n) is 6.36. The number of aldehydes is 1. The molecule has 6 heteroatoms. The van der Waals surface area contributed by atoms with Crippen LogP contribution in [0.2, 0.25) is 0 Å². The van der Waals surface area contributed by atoms with Crippen molar-refractivity contribution in [3.8, 4) is 5.75 Å². The van der Waals surface area contributed by atoms with E-state index in [4.69, 9.17) is 4.74 Å². The van der Waals surface area contributed by atoms with Crippen LogP contribution in [-0.2, 0) is 21.6 Å². The molecule has 0 aliphatic carbocycles. The molecule has 0 radical (unpaired) electrons. The van der Waals surface area contributed by atoms with Crippen LogP contribution >= 0.6 is 0 Å². The van der Waals surface area contributed by atoms with Crippen LogP contribution in [-0.4, -0.2) is 20.0 Å². The molecule has 2 atom stereocenters. The minimum absolute atomic E-state index is 0.0485. The number of fused-ring (bicyclic) bond motifs is 1. The molecular weight excluding hydrogens is 374 g/mol. The summed E-state index contributed by atoms with van der Waals surface area (Å²) in [5.41, 5.74) is 3.58. The van der Waals surface area contributed by atoms with Crippen LogP contribution in [0.25, 0.3) is 11.3 Å². The first-order chi connectivity index (χ1) is 13.7. The van der Waals surface area contributed by atoms with Crippen molar-refractivity contribution < 1.29 is 18.3 Å². The number of pyridine rings is 1. The molecule has 1 aromatic heterocycles. The Morgan fingerprint density at radius 3 is 2.46 bits per heavy atom. The van der Waals surface area contributed by atoms with E-state index in [-0.39, 0.29) is 5.75 Å². The van der Waals surface area contributed by atoms with Gasteiger partial charge in [-0.3, -0.25) is 9.19 Å². The van der Waals surface area contributed by atoms with Gasteiger partial charge in [0.2, 0.25) is 0 Å². The van der Waals surface area contributed by atoms with Crippen molar-refractivity contribution in [2.24, 2.45) is 0 Å². The predicted molar refractivity (Wildman–Crippen MR) is 106 cm³/mol. The highest BCUT2D eigenvalue weighted by atomic mass is 32.2. The number of hydrogen-bond donors (Lipinski definition) is 0. The van der Waals surface area contributed by atoms with Crippen molar-refractivity contribution in [2.45, 2.75) is 11.7 Å². The number of aromatic nitrogens is 1. The van der Waals surface area contributed by atoms with E-state index in [0.717, 1.165) is 17.4 Å². The van der Waals surface area contributed by atoms with Gasteiger partial charge in [-0.1, -0.05) is 59.6 Å². The van der Waals surface area contributed by atoms with Crippen molar-refractivity contribution in [3.05, 3.63) is 95.3 Å². The van der Waals surface area contributed by atoms with E-state index in [0.29, 0.717) is 28.3 Å². The molecule has 0 bridgehead atoms. The van der Waals surface area contributed by atoms with Gasteiger partial charge in [0.15, 0.2) is 0 Å². The van der Waals surface area contributed by atoms with Crippen LogP contribution in [0.5, 0.6) is 5.75 Å². The van der Waals surface area contributed by atoms with Crippen LogP contribution in [0, 0.1) is 0 Å². The van der Waals surface area contributed by atoms with Gasteiger partial charge in [0, 0.05) is 28.6 Å². The number of benzene rings is 2. The minimum atomic E-state index is -2.15. The van der Waals surface area contributed by atoms with Gasteiger partial charge in [0.05, 0.1) is 11.6 Å². The lowest BCUT2D eigenvalue weighted by Gasteiger charge is -2.28. The highest BCUT2D eigenvalue weighted by Crippen LogP contribution is 2.45. The fraction of sp³-hybridized carbons (Fsp3) is 0.0909. The maximum absolute atomic E-state index is 12.1. The SMILES string of the molecule is O=CC1C(c2ccccn2)=C(c2ccc(CS(=O)[O-])cc2)Oc2ccccc21. The fourth-order valence-corrected chi connectivity index (χ4v) is 3.80. The van der Waals surface area contributed by atoms with Crippen LogP contribution < -0.4 is 4.74 Å². The Hall–Kier alpha value is -3.09. The second-order valence-corrected chi connectivity index (χ2v) is 7.25. The molecule has 1 aliphatic rings. The average molecular weight is 390 g/mol. The first-order valence-corrected chi connectivity index (χ1v) is 9.94. The summed E-state index contributed by atoms with van der Waals surface area (Å²) in [6.07, 6.45) is 2.58. The zero-order chi connectivity index (χ0) is 19.5. The average Bonchev–Trinajstić information content (AvgIpc) is 2.73. The Balaban J connectivity index is 1.88. The van der Waals surface area contributed by atoms with E-state index in [1.807, 2.05) is 42.5 Å². The number of para-hydroxylation sites is 1. The molecule has 3 aromatic rings. The first kappa shape index (κ1) is 18.3. The van der Waals surface area contributed by atoms with Gasteiger partial charge in [0.25, 0.3) is 0 Å². The van der Waals surface area contributed by atoms with Crippen molar-refractivity contribution in [1.82, 2.24) is 4.98 Å². The number of carbonyl (C=O) groups excluding carboxylic acids is 1. The number of nitrogens with zero attached hydrogens (tertiary/aromatic N) is 1. The molecule has 0 saturated heterocycles. The number of hydrogen-bond acceptors (Lipinski definition) is 5. The van der Waals surface area contributed by atoms with Gasteiger partial charge < -0.3 is 14.1 Å². The molecule has 0 amide bonds. The largest absolute Gasteiger partial charge is 0.772 e. The van der Waals surface area contributed by atoms with E-state index in [1.165, 1.54) is 0 Å². The van der Waals surface area contributed by atoms with E-state index >= 15 is 0 Å². The quantitative estimate of drug-likeness (QED) is 0.490. The van der Waals surface area contributed by atoms with Gasteiger partial charge in [-0.2, -0.15) is 0 Å². The van der Waals surface area contributed by atoms with E-state index in [1.54, 1.807) is 30.5 Å². The van der Waals surface area contributed by atoms with Crippen LogP contribution in [0.1, 0.15) is 28.3 Å². The highest BCUT2D eigenvalue weighted by molar-refractivity contribution is 7.78. The molecule has 0 saturated carbocycles. The zero-order valence-corrected chi connectivity index (χ0v) is 15.6. The molecule has 1 aliphatic heterocycles. The summed E-state index contributed by atoms with van der Waals surface area (Å²) < 4.78 is 28.1. The van der Waals surface area contributed by atoms with Crippen LogP contribution in [0.15, 0.2) is 72.9 Å². The topological polar surface area (TPSA) is 79.3 Å². The molecule has 2 unspecified atom stereocenters. The Morgan fingerprint density at radius 1 is 1.04 bits per heavy atom. The normalized spacial score (nSPS) is 16.8. The third-order valence-electron chi connectivity index (χ3n) is 4.60. The third-order valence-corrected chi connectivity index (χ3v) is 5.17. The molecule has 2 aromatic carbocycles. The summed E-state index contributed by atoms with van der Waals surface area (Å²) in [6, 6.07) is 20.1. The number of carbonyl (C=O) groups is 1. The molecule has 4 rings (SSSR count). The maximum atomic E-state index is 12.1. The van der Waals surface area contributed by atoms with Crippen LogP contribution in [0.4, 0.5) is 0 Å². The van der Waals surface area contributed by atoms with Gasteiger partial charge in [-0.05, 0) is 23.8 Å². The lowest BCUT2D eigenvalue weighted by Crippen LogP contribution is -2.16. The Morgan fingerprint density at radius 2 is 1.79 bits per heavy atom. The van der Waals surface area contributed by atoms with E-state index in [9.17, 15) is 13.6 Å². The minimum Gasteiger partial charge on any atom is -0.772 e. The zero-order valence-electron chi connectivity index (χ0n) is 14.8. The summed E-state index contributed by atoms with van der Waals surface area (Å²) in [4.78, 5) is 16.5. The standard InChI is InChI=1S/C22H17NO4S/c24-13-18-17-5-1-2-7-20(17)27-22(21(18)19-6-3-4-12-23-19)16-10-8-15(9-11-16)14-28(25)26/h1-13,18H,14H2,(H,25,26)/p-1. The number of rotatable bonds is 5. The first-order valence-electron chi connectivity index (χ1n) is 8.70. The molecule has 2 heterocycles. The molecule has 0 N–H and O–H groups in total. The lowest BCUT2D eigenvalue weighted by molar-refractivity contribution is -0.108. The summed E-state index contributed by atoms with van der Waals surface area (Å²) >= 11 is -2.15. The summed E-state index contributed by atoms with van der Waals surface area (Å²) in [7, 11) is 0.